The highest BCUT2D eigenvalue weighted by Gasteiger charge is 2.17. The highest BCUT2D eigenvalue weighted by atomic mass is 35.5. The second-order valence-corrected chi connectivity index (χ2v) is 6.77. The Hall–Kier alpha value is -2.57. The van der Waals surface area contributed by atoms with Crippen LogP contribution in [0.2, 0.25) is 10.0 Å². The molecule has 27 heavy (non-hydrogen) atoms. The summed E-state index contributed by atoms with van der Waals surface area (Å²) in [4.78, 5) is 16.5. The van der Waals surface area contributed by atoms with E-state index >= 15 is 0 Å². The number of nitrogens with one attached hydrogen (secondary N) is 1. The van der Waals surface area contributed by atoms with Crippen molar-refractivity contribution in [3.05, 3.63) is 64.0 Å². The number of ether oxygens (including phenoxy) is 1. The lowest BCUT2D eigenvalue weighted by molar-refractivity contribution is -0.127. The molecule has 3 rings (SSSR count). The van der Waals surface area contributed by atoms with Gasteiger partial charge in [-0.25, -0.2) is 0 Å². The number of aromatic nitrogens is 2. The highest BCUT2D eigenvalue weighted by molar-refractivity contribution is 6.35. The quantitative estimate of drug-likeness (QED) is 0.655. The highest BCUT2D eigenvalue weighted by Crippen LogP contribution is 2.28. The molecule has 0 fully saturated rings. The van der Waals surface area contributed by atoms with Crippen LogP contribution in [0.4, 0.5) is 0 Å². The van der Waals surface area contributed by atoms with Crippen molar-refractivity contribution in [3.63, 3.8) is 0 Å². The first-order valence-corrected chi connectivity index (χ1v) is 8.97. The molecule has 1 heterocycles. The monoisotopic (exact) mass is 405 g/mol. The zero-order valence-electron chi connectivity index (χ0n) is 14.7. The van der Waals surface area contributed by atoms with E-state index in [1.807, 2.05) is 31.2 Å². The third-order valence-corrected chi connectivity index (χ3v) is 4.29. The Balaban J connectivity index is 1.56. The van der Waals surface area contributed by atoms with Gasteiger partial charge < -0.3 is 14.6 Å². The Morgan fingerprint density at radius 1 is 1.22 bits per heavy atom. The molecule has 1 N–H and O–H groups in total. The van der Waals surface area contributed by atoms with Crippen LogP contribution in [0.3, 0.4) is 0 Å². The van der Waals surface area contributed by atoms with Crippen LogP contribution in [0.15, 0.2) is 47.0 Å². The van der Waals surface area contributed by atoms with E-state index in [0.717, 1.165) is 11.1 Å². The molecule has 0 saturated heterocycles. The maximum Gasteiger partial charge on any atom is 0.261 e. The van der Waals surface area contributed by atoms with Gasteiger partial charge in [-0.3, -0.25) is 4.79 Å². The predicted octanol–water partition coefficient (Wildman–Crippen LogP) is 4.44. The first-order valence-electron chi connectivity index (χ1n) is 8.21. The van der Waals surface area contributed by atoms with E-state index in [1.165, 1.54) is 0 Å². The van der Waals surface area contributed by atoms with Crippen LogP contribution in [0.1, 0.15) is 18.4 Å². The molecule has 0 aliphatic carbocycles. The molecule has 0 radical (unpaired) electrons. The van der Waals surface area contributed by atoms with Gasteiger partial charge in [-0.05, 0) is 32.0 Å². The number of carbonyl (C=O) groups is 1. The van der Waals surface area contributed by atoms with E-state index in [-0.39, 0.29) is 12.5 Å². The lowest BCUT2D eigenvalue weighted by Crippen LogP contribution is -2.36. The molecule has 0 spiro atoms. The lowest BCUT2D eigenvalue weighted by atomic mass is 10.1. The van der Waals surface area contributed by atoms with Gasteiger partial charge in [0.15, 0.2) is 6.10 Å². The van der Waals surface area contributed by atoms with Gasteiger partial charge in [-0.15, -0.1) is 0 Å². The summed E-state index contributed by atoms with van der Waals surface area (Å²) < 4.78 is 10.7. The van der Waals surface area contributed by atoms with Crippen LogP contribution in [0.25, 0.3) is 11.4 Å². The zero-order valence-corrected chi connectivity index (χ0v) is 16.2. The average Bonchev–Trinajstić information content (AvgIpc) is 3.11. The van der Waals surface area contributed by atoms with Crippen molar-refractivity contribution >= 4 is 29.1 Å². The number of halogens is 2. The van der Waals surface area contributed by atoms with Crippen molar-refractivity contribution in [1.82, 2.24) is 15.5 Å². The molecule has 2 aromatic carbocycles. The van der Waals surface area contributed by atoms with Crippen molar-refractivity contribution in [2.45, 2.75) is 26.5 Å². The average molecular weight is 406 g/mol. The van der Waals surface area contributed by atoms with E-state index < -0.39 is 6.10 Å². The number of nitrogens with zero attached hydrogens (tertiary/aromatic N) is 2. The van der Waals surface area contributed by atoms with Crippen LogP contribution in [-0.2, 0) is 11.3 Å². The molecule has 0 bridgehead atoms. The first-order chi connectivity index (χ1) is 12.9. The van der Waals surface area contributed by atoms with Crippen LogP contribution in [0, 0.1) is 6.92 Å². The lowest BCUT2D eigenvalue weighted by Gasteiger charge is -2.15. The maximum absolute atomic E-state index is 12.2. The topological polar surface area (TPSA) is 77.2 Å². The van der Waals surface area contributed by atoms with Gasteiger partial charge in [0.25, 0.3) is 5.91 Å². The van der Waals surface area contributed by atoms with Gasteiger partial charge in [0, 0.05) is 10.6 Å². The Labute approximate surface area is 166 Å². The van der Waals surface area contributed by atoms with Gasteiger partial charge in [-0.2, -0.15) is 4.98 Å². The van der Waals surface area contributed by atoms with Crippen molar-refractivity contribution in [2.24, 2.45) is 0 Å². The molecule has 3 aromatic rings. The van der Waals surface area contributed by atoms with Crippen LogP contribution < -0.4 is 10.1 Å². The fraction of sp³-hybridized carbons (Fsp3) is 0.211. The smallest absolute Gasteiger partial charge is 0.261 e. The molecule has 1 amide bonds. The van der Waals surface area contributed by atoms with Crippen molar-refractivity contribution < 1.29 is 14.1 Å². The summed E-state index contributed by atoms with van der Waals surface area (Å²) in [5, 5.41) is 7.45. The van der Waals surface area contributed by atoms with Crippen molar-refractivity contribution in [3.8, 4) is 17.1 Å². The standard InChI is InChI=1S/C19H17Cl2N3O3/c1-11-3-5-13(6-4-11)18-23-17(27-24-18)10-22-19(25)12(2)26-16-8-7-14(20)9-15(16)21/h3-9,12H,10H2,1-2H3,(H,22,25)/t12-/m0/s1. The van der Waals surface area contributed by atoms with Gasteiger partial charge in [-0.1, -0.05) is 58.2 Å². The number of rotatable bonds is 6. The number of carbonyl (C=O) groups excluding carboxylic acids is 1. The molecule has 0 aliphatic rings. The van der Waals surface area contributed by atoms with Crippen molar-refractivity contribution in [1.29, 1.82) is 0 Å². The van der Waals surface area contributed by atoms with Crippen LogP contribution >= 0.6 is 23.2 Å². The van der Waals surface area contributed by atoms with E-state index in [0.29, 0.717) is 27.5 Å². The summed E-state index contributed by atoms with van der Waals surface area (Å²) in [7, 11) is 0. The molecule has 6 nitrogen and oxygen atoms in total. The Bertz CT molecular complexity index is 942. The van der Waals surface area contributed by atoms with Gasteiger partial charge in [0.2, 0.25) is 11.7 Å². The minimum atomic E-state index is -0.761. The number of hydrogen-bond donors (Lipinski definition) is 1. The Morgan fingerprint density at radius 3 is 2.67 bits per heavy atom. The van der Waals surface area contributed by atoms with E-state index in [2.05, 4.69) is 15.5 Å². The van der Waals surface area contributed by atoms with Crippen molar-refractivity contribution in [2.75, 3.05) is 0 Å². The molecule has 8 heteroatoms. The number of hydrogen-bond acceptors (Lipinski definition) is 5. The Morgan fingerprint density at radius 2 is 1.96 bits per heavy atom. The van der Waals surface area contributed by atoms with Crippen LogP contribution in [-0.4, -0.2) is 22.2 Å². The zero-order chi connectivity index (χ0) is 19.4. The first kappa shape index (κ1) is 19.2. The van der Waals surface area contributed by atoms with E-state index in [4.69, 9.17) is 32.5 Å². The van der Waals surface area contributed by atoms with Gasteiger partial charge in [0.05, 0.1) is 11.6 Å². The minimum Gasteiger partial charge on any atom is -0.479 e. The number of amides is 1. The Kier molecular flexibility index (Phi) is 5.98. The molecule has 0 aliphatic heterocycles. The summed E-state index contributed by atoms with van der Waals surface area (Å²) in [6, 6.07) is 12.6. The molecular formula is C19H17Cl2N3O3. The molecule has 1 atom stereocenters. The maximum atomic E-state index is 12.2. The summed E-state index contributed by atoms with van der Waals surface area (Å²) in [6.45, 7) is 3.72. The largest absolute Gasteiger partial charge is 0.479 e. The second kappa shape index (κ2) is 8.41. The van der Waals surface area contributed by atoms with E-state index in [1.54, 1.807) is 25.1 Å². The van der Waals surface area contributed by atoms with Gasteiger partial charge in [0.1, 0.15) is 5.75 Å². The second-order valence-electron chi connectivity index (χ2n) is 5.93. The third kappa shape index (κ3) is 4.99. The van der Waals surface area contributed by atoms with Gasteiger partial charge >= 0.3 is 0 Å². The van der Waals surface area contributed by atoms with E-state index in [9.17, 15) is 4.79 Å². The number of benzene rings is 2. The molecule has 0 unspecified atom stereocenters. The summed E-state index contributed by atoms with van der Waals surface area (Å²) in [5.41, 5.74) is 1.99. The fourth-order valence-corrected chi connectivity index (χ4v) is 2.72. The molecule has 0 saturated carbocycles. The predicted molar refractivity (Wildman–Crippen MR) is 103 cm³/mol. The fourth-order valence-electron chi connectivity index (χ4n) is 2.27. The molecule has 140 valence electrons. The normalized spacial score (nSPS) is 11.9. The SMILES string of the molecule is Cc1ccc(-c2noc(CNC(=O)[C@H](C)Oc3ccc(Cl)cc3Cl)n2)cc1. The summed E-state index contributed by atoms with van der Waals surface area (Å²) in [5.74, 6) is 0.811. The van der Waals surface area contributed by atoms with Crippen LogP contribution in [0.5, 0.6) is 5.75 Å². The number of aryl methyl sites for hydroxylation is 1. The third-order valence-electron chi connectivity index (χ3n) is 3.76. The summed E-state index contributed by atoms with van der Waals surface area (Å²) in [6.07, 6.45) is -0.761. The summed E-state index contributed by atoms with van der Waals surface area (Å²) >= 11 is 11.9. The molecular weight excluding hydrogens is 389 g/mol. The molecule has 1 aromatic heterocycles. The minimum absolute atomic E-state index is 0.0970.